The zero-order valence-electron chi connectivity index (χ0n) is 15.4. The molecule has 150 valence electrons. The Labute approximate surface area is 178 Å². The summed E-state index contributed by atoms with van der Waals surface area (Å²) in [6.07, 6.45) is 0.347. The Kier molecular flexibility index (Phi) is 6.57. The molecular formula is C19H18N4O4S2. The van der Waals surface area contributed by atoms with E-state index in [1.54, 1.807) is 49.4 Å². The lowest BCUT2D eigenvalue weighted by molar-refractivity contribution is -0.119. The Hall–Kier alpha value is -3.24. The van der Waals surface area contributed by atoms with Crippen molar-refractivity contribution in [1.29, 1.82) is 0 Å². The van der Waals surface area contributed by atoms with Crippen molar-refractivity contribution in [1.82, 2.24) is 10.6 Å². The average molecular weight is 431 g/mol. The predicted molar refractivity (Wildman–Crippen MR) is 117 cm³/mol. The largest absolute Gasteiger partial charge is 0.454 e. The lowest BCUT2D eigenvalue weighted by Crippen LogP contribution is -2.34. The highest BCUT2D eigenvalue weighted by molar-refractivity contribution is 7.80. The zero-order chi connectivity index (χ0) is 20.8. The topological polar surface area (TPSA) is 101 Å². The molecule has 1 heterocycles. The zero-order valence-corrected chi connectivity index (χ0v) is 17.0. The first kappa shape index (κ1) is 20.5. The summed E-state index contributed by atoms with van der Waals surface area (Å²) in [4.78, 5) is 23.7. The van der Waals surface area contributed by atoms with E-state index in [0.29, 0.717) is 34.9 Å². The number of amides is 2. The molecule has 2 aromatic rings. The highest BCUT2D eigenvalue weighted by Crippen LogP contribution is 2.32. The van der Waals surface area contributed by atoms with Crippen molar-refractivity contribution < 1.29 is 19.1 Å². The van der Waals surface area contributed by atoms with Crippen molar-refractivity contribution in [2.75, 3.05) is 17.4 Å². The molecule has 0 aromatic heterocycles. The first-order valence-corrected chi connectivity index (χ1v) is 9.49. The molecule has 0 radical (unpaired) electrons. The first-order valence-electron chi connectivity index (χ1n) is 8.67. The van der Waals surface area contributed by atoms with Gasteiger partial charge in [0.2, 0.25) is 12.7 Å². The third-order valence-electron chi connectivity index (χ3n) is 3.84. The van der Waals surface area contributed by atoms with Crippen LogP contribution in [0.4, 0.5) is 11.4 Å². The van der Waals surface area contributed by atoms with E-state index in [9.17, 15) is 9.59 Å². The second-order valence-electron chi connectivity index (χ2n) is 5.91. The van der Waals surface area contributed by atoms with Crippen molar-refractivity contribution in [2.24, 2.45) is 0 Å². The van der Waals surface area contributed by atoms with Crippen molar-refractivity contribution in [3.8, 4) is 11.5 Å². The summed E-state index contributed by atoms with van der Waals surface area (Å²) < 4.78 is 10.5. The summed E-state index contributed by atoms with van der Waals surface area (Å²) in [5, 5.41) is 11.4. The van der Waals surface area contributed by atoms with Crippen LogP contribution < -0.4 is 30.7 Å². The van der Waals surface area contributed by atoms with Crippen LogP contribution in [-0.4, -0.2) is 28.8 Å². The highest BCUT2D eigenvalue weighted by Gasteiger charge is 2.16. The third kappa shape index (κ3) is 5.62. The van der Waals surface area contributed by atoms with Gasteiger partial charge in [0, 0.05) is 23.4 Å². The second-order valence-corrected chi connectivity index (χ2v) is 6.73. The van der Waals surface area contributed by atoms with Gasteiger partial charge in [-0.25, -0.2) is 0 Å². The molecule has 4 N–H and O–H groups in total. The van der Waals surface area contributed by atoms with Gasteiger partial charge in [-0.2, -0.15) is 0 Å². The summed E-state index contributed by atoms with van der Waals surface area (Å²) in [6.45, 7) is 1.88. The van der Waals surface area contributed by atoms with E-state index in [4.69, 9.17) is 33.9 Å². The van der Waals surface area contributed by atoms with Gasteiger partial charge in [-0.05, 0) is 66.9 Å². The lowest BCUT2D eigenvalue weighted by atomic mass is 10.2. The molecule has 1 aliphatic heterocycles. The minimum Gasteiger partial charge on any atom is -0.454 e. The maximum absolute atomic E-state index is 12.3. The Balaban J connectivity index is 1.52. The molecular weight excluding hydrogens is 412 g/mol. The van der Waals surface area contributed by atoms with Gasteiger partial charge in [-0.15, -0.1) is 0 Å². The van der Waals surface area contributed by atoms with Gasteiger partial charge in [0.25, 0.3) is 5.91 Å². The molecule has 2 aromatic carbocycles. The van der Waals surface area contributed by atoms with Crippen LogP contribution in [-0.2, 0) is 4.79 Å². The molecule has 0 unspecified atom stereocenters. The van der Waals surface area contributed by atoms with Crippen LogP contribution in [0.15, 0.2) is 42.5 Å². The Morgan fingerprint density at radius 2 is 1.48 bits per heavy atom. The fraction of sp³-hybridized carbons (Fsp3) is 0.158. The van der Waals surface area contributed by atoms with Crippen LogP contribution in [0.1, 0.15) is 23.7 Å². The molecule has 0 saturated heterocycles. The number of ether oxygens (including phenoxy) is 2. The van der Waals surface area contributed by atoms with E-state index in [2.05, 4.69) is 21.3 Å². The second kappa shape index (κ2) is 9.30. The first-order chi connectivity index (χ1) is 13.9. The number of benzene rings is 2. The standard InChI is InChI=1S/C19H18N4O4S2/c1-2-16(24)22-18(28)20-12-4-6-13(7-5-12)21-19(29)23-17(25)11-3-8-14-15(9-11)27-10-26-14/h3-9H,2,10H2,1H3,(H2,20,22,24,28)(H2,21,23,25,29). The van der Waals surface area contributed by atoms with E-state index < -0.39 is 0 Å². The molecule has 0 aliphatic carbocycles. The molecule has 3 rings (SSSR count). The summed E-state index contributed by atoms with van der Waals surface area (Å²) in [6, 6.07) is 11.9. The minimum absolute atomic E-state index is 0.140. The van der Waals surface area contributed by atoms with Gasteiger partial charge in [-0.3, -0.25) is 14.9 Å². The number of fused-ring (bicyclic) bond motifs is 1. The number of anilines is 2. The summed E-state index contributed by atoms with van der Waals surface area (Å²) in [5.41, 5.74) is 1.78. The average Bonchev–Trinajstić information content (AvgIpc) is 3.17. The summed E-state index contributed by atoms with van der Waals surface area (Å²) in [5.74, 6) is 0.595. The van der Waals surface area contributed by atoms with Crippen molar-refractivity contribution in [3.05, 3.63) is 48.0 Å². The van der Waals surface area contributed by atoms with Crippen LogP contribution in [0, 0.1) is 0 Å². The smallest absolute Gasteiger partial charge is 0.257 e. The SMILES string of the molecule is CCC(=O)NC(=S)Nc1ccc(NC(=S)NC(=O)c2ccc3c(c2)OCO3)cc1. The fourth-order valence-electron chi connectivity index (χ4n) is 2.39. The van der Waals surface area contributed by atoms with Crippen LogP contribution in [0.3, 0.4) is 0 Å². The lowest BCUT2D eigenvalue weighted by Gasteiger charge is -2.12. The van der Waals surface area contributed by atoms with Crippen LogP contribution >= 0.6 is 24.4 Å². The molecule has 10 heteroatoms. The number of carbonyl (C=O) groups excluding carboxylic acids is 2. The van der Waals surface area contributed by atoms with Gasteiger partial charge in [0.1, 0.15) is 0 Å². The number of hydrogen-bond donors (Lipinski definition) is 4. The normalized spacial score (nSPS) is 11.3. The molecule has 0 fully saturated rings. The predicted octanol–water partition coefficient (Wildman–Crippen LogP) is 2.77. The Morgan fingerprint density at radius 3 is 2.10 bits per heavy atom. The molecule has 29 heavy (non-hydrogen) atoms. The van der Waals surface area contributed by atoms with Crippen molar-refractivity contribution in [2.45, 2.75) is 13.3 Å². The Morgan fingerprint density at radius 1 is 0.897 bits per heavy atom. The molecule has 8 nitrogen and oxygen atoms in total. The van der Waals surface area contributed by atoms with Crippen LogP contribution in [0.25, 0.3) is 0 Å². The number of carbonyl (C=O) groups is 2. The van der Waals surface area contributed by atoms with Crippen molar-refractivity contribution in [3.63, 3.8) is 0 Å². The van der Waals surface area contributed by atoms with Gasteiger partial charge in [-0.1, -0.05) is 6.92 Å². The van der Waals surface area contributed by atoms with E-state index in [-0.39, 0.29) is 28.8 Å². The number of rotatable bonds is 4. The van der Waals surface area contributed by atoms with Gasteiger partial charge in [0.15, 0.2) is 21.7 Å². The molecule has 2 amide bonds. The Bertz CT molecular complexity index is 963. The molecule has 0 spiro atoms. The summed E-state index contributed by atoms with van der Waals surface area (Å²) >= 11 is 10.3. The fourth-order valence-corrected chi connectivity index (χ4v) is 2.83. The maximum atomic E-state index is 12.3. The van der Waals surface area contributed by atoms with Crippen LogP contribution in [0.5, 0.6) is 11.5 Å². The van der Waals surface area contributed by atoms with Crippen LogP contribution in [0.2, 0.25) is 0 Å². The molecule has 0 bridgehead atoms. The minimum atomic E-state index is -0.365. The number of thiocarbonyl (C=S) groups is 2. The summed E-state index contributed by atoms with van der Waals surface area (Å²) in [7, 11) is 0. The van der Waals surface area contributed by atoms with E-state index >= 15 is 0 Å². The maximum Gasteiger partial charge on any atom is 0.257 e. The number of nitrogens with one attached hydrogen (secondary N) is 4. The molecule has 1 aliphatic rings. The quantitative estimate of drug-likeness (QED) is 0.550. The van der Waals surface area contributed by atoms with E-state index in [0.717, 1.165) is 0 Å². The van der Waals surface area contributed by atoms with Gasteiger partial charge >= 0.3 is 0 Å². The van der Waals surface area contributed by atoms with E-state index in [1.165, 1.54) is 0 Å². The van der Waals surface area contributed by atoms with Gasteiger partial charge < -0.3 is 25.4 Å². The molecule has 0 atom stereocenters. The van der Waals surface area contributed by atoms with E-state index in [1.807, 2.05) is 0 Å². The highest BCUT2D eigenvalue weighted by atomic mass is 32.1. The third-order valence-corrected chi connectivity index (χ3v) is 4.24. The van der Waals surface area contributed by atoms with Gasteiger partial charge in [0.05, 0.1) is 0 Å². The molecule has 0 saturated carbocycles. The monoisotopic (exact) mass is 430 g/mol. The number of hydrogen-bond acceptors (Lipinski definition) is 6. The van der Waals surface area contributed by atoms with Crippen molar-refractivity contribution >= 4 is 57.8 Å².